The van der Waals surface area contributed by atoms with Crippen molar-refractivity contribution in [3.05, 3.63) is 35.9 Å². The molecule has 2 heteroatoms. The summed E-state index contributed by atoms with van der Waals surface area (Å²) in [6, 6.07) is 11.2. The number of benzene rings is 1. The monoisotopic (exact) mass is 199 g/mol. The summed E-state index contributed by atoms with van der Waals surface area (Å²) in [5, 5.41) is 3.39. The Labute approximate surface area is 87.0 Å². The first-order chi connectivity index (χ1) is 5.83. The Morgan fingerprint density at radius 1 is 1.23 bits per heavy atom. The van der Waals surface area contributed by atoms with Crippen molar-refractivity contribution >= 4 is 12.4 Å². The Bertz CT molecular complexity index is 211. The first kappa shape index (κ1) is 12.5. The first-order valence-corrected chi connectivity index (χ1v) is 4.60. The van der Waals surface area contributed by atoms with Crippen molar-refractivity contribution in [2.75, 3.05) is 6.54 Å². The zero-order valence-corrected chi connectivity index (χ0v) is 9.10. The van der Waals surface area contributed by atoms with Crippen molar-refractivity contribution in [1.29, 1.82) is 0 Å². The highest BCUT2D eigenvalue weighted by molar-refractivity contribution is 5.85. The summed E-state index contributed by atoms with van der Waals surface area (Å²) >= 11 is 0. The van der Waals surface area contributed by atoms with Gasteiger partial charge in [0.25, 0.3) is 0 Å². The van der Waals surface area contributed by atoms with Crippen molar-refractivity contribution < 1.29 is 0 Å². The minimum absolute atomic E-state index is 0. The molecule has 74 valence electrons. The van der Waals surface area contributed by atoms with Crippen LogP contribution >= 0.6 is 12.4 Å². The molecule has 1 aromatic carbocycles. The predicted molar refractivity (Wildman–Crippen MR) is 60.5 cm³/mol. The van der Waals surface area contributed by atoms with E-state index in [4.69, 9.17) is 0 Å². The average molecular weight is 200 g/mol. The van der Waals surface area contributed by atoms with Gasteiger partial charge in [0.1, 0.15) is 0 Å². The van der Waals surface area contributed by atoms with Crippen LogP contribution in [0.4, 0.5) is 0 Å². The van der Waals surface area contributed by atoms with Crippen LogP contribution < -0.4 is 5.32 Å². The maximum absolute atomic E-state index is 3.39. The largest absolute Gasteiger partial charge is 0.314 e. The Hall–Kier alpha value is -0.530. The van der Waals surface area contributed by atoms with E-state index in [0.717, 1.165) is 13.0 Å². The molecule has 0 aliphatic carbocycles. The Morgan fingerprint density at radius 2 is 1.85 bits per heavy atom. The zero-order chi connectivity index (χ0) is 8.81. The quantitative estimate of drug-likeness (QED) is 0.787. The molecule has 0 saturated carbocycles. The van der Waals surface area contributed by atoms with Crippen molar-refractivity contribution in [3.8, 4) is 0 Å². The number of hydrogen-bond donors (Lipinski definition) is 1. The molecule has 0 amide bonds. The van der Waals surface area contributed by atoms with Crippen molar-refractivity contribution in [1.82, 2.24) is 5.32 Å². The topological polar surface area (TPSA) is 12.0 Å². The number of nitrogens with one attached hydrogen (secondary N) is 1. The standard InChI is InChI=1S/C11H17N.ClH/c1-3-12-10(2)9-11-7-5-4-6-8-11;/h4-8,10,12H,3,9H2,1-2H3;1H/t10-;/m0./s1. The summed E-state index contributed by atoms with van der Waals surface area (Å²) in [4.78, 5) is 0. The molecule has 0 heterocycles. The molecule has 0 radical (unpaired) electrons. The van der Waals surface area contributed by atoms with E-state index in [9.17, 15) is 0 Å². The van der Waals surface area contributed by atoms with Crippen LogP contribution in [0.1, 0.15) is 19.4 Å². The fourth-order valence-electron chi connectivity index (χ4n) is 1.39. The number of likely N-dealkylation sites (N-methyl/N-ethyl adjacent to an activating group) is 1. The molecule has 1 atom stereocenters. The minimum Gasteiger partial charge on any atom is -0.314 e. The fraction of sp³-hybridized carbons (Fsp3) is 0.455. The van der Waals surface area contributed by atoms with Crippen LogP contribution in [-0.4, -0.2) is 12.6 Å². The lowest BCUT2D eigenvalue weighted by molar-refractivity contribution is 0.565. The van der Waals surface area contributed by atoms with E-state index in [0.29, 0.717) is 6.04 Å². The molecule has 0 spiro atoms. The summed E-state index contributed by atoms with van der Waals surface area (Å²) < 4.78 is 0. The minimum atomic E-state index is 0. The van der Waals surface area contributed by atoms with Crippen LogP contribution in [0.3, 0.4) is 0 Å². The molecule has 1 N–H and O–H groups in total. The maximum atomic E-state index is 3.39. The van der Waals surface area contributed by atoms with Crippen LogP contribution in [0.5, 0.6) is 0 Å². The highest BCUT2D eigenvalue weighted by atomic mass is 35.5. The van der Waals surface area contributed by atoms with Crippen LogP contribution in [0.2, 0.25) is 0 Å². The summed E-state index contributed by atoms with van der Waals surface area (Å²) in [5.74, 6) is 0. The fourth-order valence-corrected chi connectivity index (χ4v) is 1.39. The molecule has 1 aromatic rings. The van der Waals surface area contributed by atoms with Gasteiger partial charge in [-0.05, 0) is 25.5 Å². The van der Waals surface area contributed by atoms with Gasteiger partial charge in [0.2, 0.25) is 0 Å². The summed E-state index contributed by atoms with van der Waals surface area (Å²) in [7, 11) is 0. The molecule has 0 bridgehead atoms. The van der Waals surface area contributed by atoms with Crippen LogP contribution in [0, 0.1) is 0 Å². The van der Waals surface area contributed by atoms with Crippen LogP contribution in [0.15, 0.2) is 30.3 Å². The van der Waals surface area contributed by atoms with E-state index < -0.39 is 0 Å². The molecular formula is C11H18ClN. The number of halogens is 1. The lowest BCUT2D eigenvalue weighted by Crippen LogP contribution is -2.27. The predicted octanol–water partition coefficient (Wildman–Crippen LogP) is 2.65. The summed E-state index contributed by atoms with van der Waals surface area (Å²) in [6.07, 6.45) is 1.12. The SMILES string of the molecule is CCN[C@@H](C)Cc1ccccc1.Cl. The van der Waals surface area contributed by atoms with Gasteiger partial charge in [0.15, 0.2) is 0 Å². The molecule has 0 saturated heterocycles. The van der Waals surface area contributed by atoms with E-state index in [1.54, 1.807) is 0 Å². The third kappa shape index (κ3) is 4.91. The van der Waals surface area contributed by atoms with Crippen LogP contribution in [0.25, 0.3) is 0 Å². The van der Waals surface area contributed by atoms with Gasteiger partial charge in [-0.1, -0.05) is 37.3 Å². The highest BCUT2D eigenvalue weighted by Crippen LogP contribution is 2.01. The molecule has 1 rings (SSSR count). The molecule has 1 nitrogen and oxygen atoms in total. The van der Waals surface area contributed by atoms with E-state index in [1.165, 1.54) is 5.56 Å². The Kier molecular flexibility index (Phi) is 6.65. The van der Waals surface area contributed by atoms with Gasteiger partial charge >= 0.3 is 0 Å². The highest BCUT2D eigenvalue weighted by Gasteiger charge is 1.99. The van der Waals surface area contributed by atoms with Crippen molar-refractivity contribution in [2.24, 2.45) is 0 Å². The molecule has 0 fully saturated rings. The number of hydrogen-bond acceptors (Lipinski definition) is 1. The summed E-state index contributed by atoms with van der Waals surface area (Å²) in [6.45, 7) is 5.41. The number of rotatable bonds is 4. The Balaban J connectivity index is 0.00000144. The smallest absolute Gasteiger partial charge is 0.00790 e. The second-order valence-electron chi connectivity index (χ2n) is 3.15. The van der Waals surface area contributed by atoms with Gasteiger partial charge in [-0.2, -0.15) is 0 Å². The lowest BCUT2D eigenvalue weighted by atomic mass is 10.1. The molecular weight excluding hydrogens is 182 g/mol. The second-order valence-corrected chi connectivity index (χ2v) is 3.15. The van der Waals surface area contributed by atoms with Gasteiger partial charge in [0.05, 0.1) is 0 Å². The Morgan fingerprint density at radius 3 is 2.38 bits per heavy atom. The average Bonchev–Trinajstić information content (AvgIpc) is 2.06. The van der Waals surface area contributed by atoms with Crippen molar-refractivity contribution in [3.63, 3.8) is 0 Å². The normalized spacial score (nSPS) is 11.8. The van der Waals surface area contributed by atoms with Gasteiger partial charge < -0.3 is 5.32 Å². The second kappa shape index (κ2) is 6.93. The lowest BCUT2D eigenvalue weighted by Gasteiger charge is -2.11. The first-order valence-electron chi connectivity index (χ1n) is 4.60. The van der Waals surface area contributed by atoms with E-state index >= 15 is 0 Å². The van der Waals surface area contributed by atoms with Crippen molar-refractivity contribution in [2.45, 2.75) is 26.3 Å². The summed E-state index contributed by atoms with van der Waals surface area (Å²) in [5.41, 5.74) is 1.41. The third-order valence-electron chi connectivity index (χ3n) is 1.94. The maximum Gasteiger partial charge on any atom is 0.00790 e. The third-order valence-corrected chi connectivity index (χ3v) is 1.94. The van der Waals surface area contributed by atoms with E-state index in [2.05, 4.69) is 49.5 Å². The van der Waals surface area contributed by atoms with E-state index in [1.807, 2.05) is 0 Å². The van der Waals surface area contributed by atoms with Crippen LogP contribution in [-0.2, 0) is 6.42 Å². The molecule has 13 heavy (non-hydrogen) atoms. The molecule has 0 aliphatic rings. The van der Waals surface area contributed by atoms with Gasteiger partial charge in [-0.25, -0.2) is 0 Å². The molecule has 0 aromatic heterocycles. The van der Waals surface area contributed by atoms with Gasteiger partial charge in [-0.3, -0.25) is 0 Å². The van der Waals surface area contributed by atoms with Gasteiger partial charge in [0, 0.05) is 6.04 Å². The van der Waals surface area contributed by atoms with E-state index in [-0.39, 0.29) is 12.4 Å². The molecule has 0 unspecified atom stereocenters. The van der Waals surface area contributed by atoms with Gasteiger partial charge in [-0.15, -0.1) is 12.4 Å². The molecule has 0 aliphatic heterocycles. The zero-order valence-electron chi connectivity index (χ0n) is 8.29.